The second-order valence-electron chi connectivity index (χ2n) is 7.62. The summed E-state index contributed by atoms with van der Waals surface area (Å²) in [6.07, 6.45) is 3.34. The fourth-order valence-corrected chi connectivity index (χ4v) is 3.93. The summed E-state index contributed by atoms with van der Waals surface area (Å²) in [5, 5.41) is 6.67. The maximum Gasteiger partial charge on any atom is 0.154 e. The summed E-state index contributed by atoms with van der Waals surface area (Å²) >= 11 is 0. The third kappa shape index (κ3) is 4.43. The predicted octanol–water partition coefficient (Wildman–Crippen LogP) is 2.07. The summed E-state index contributed by atoms with van der Waals surface area (Å²) in [5.41, 5.74) is 3.31. The van der Waals surface area contributed by atoms with Gasteiger partial charge in [0.25, 0.3) is 0 Å². The van der Waals surface area contributed by atoms with E-state index in [1.807, 2.05) is 23.1 Å². The number of anilines is 2. The molecule has 2 aromatic heterocycles. The number of fused-ring (bicyclic) bond motifs is 1. The Morgan fingerprint density at radius 2 is 2.00 bits per heavy atom. The highest BCUT2D eigenvalue weighted by Crippen LogP contribution is 2.29. The van der Waals surface area contributed by atoms with Gasteiger partial charge in [-0.2, -0.15) is 0 Å². The molecule has 2 fully saturated rings. The van der Waals surface area contributed by atoms with Gasteiger partial charge in [0.05, 0.1) is 42.8 Å². The van der Waals surface area contributed by atoms with Crippen molar-refractivity contribution in [3.8, 4) is 11.3 Å². The molecule has 8 nitrogen and oxygen atoms in total. The van der Waals surface area contributed by atoms with Gasteiger partial charge in [-0.05, 0) is 18.2 Å². The molecular weight excluding hydrogens is 399 g/mol. The first kappa shape index (κ1) is 20.0. The van der Waals surface area contributed by atoms with Gasteiger partial charge in [0.2, 0.25) is 0 Å². The van der Waals surface area contributed by atoms with Crippen LogP contribution < -0.4 is 15.5 Å². The number of morpholine rings is 2. The Bertz CT molecular complexity index is 1050. The summed E-state index contributed by atoms with van der Waals surface area (Å²) in [5.74, 6) is 0.351. The number of hydrogen-bond acceptors (Lipinski definition) is 8. The minimum Gasteiger partial charge on any atom is -0.378 e. The van der Waals surface area contributed by atoms with Crippen LogP contribution in [-0.4, -0.2) is 73.6 Å². The highest BCUT2D eigenvalue weighted by atomic mass is 19.1. The molecule has 3 aromatic rings. The number of ether oxygens (including phenoxy) is 2. The highest BCUT2D eigenvalue weighted by molar-refractivity contribution is 5.88. The molecule has 0 spiro atoms. The smallest absolute Gasteiger partial charge is 0.154 e. The topological polar surface area (TPSA) is 84.4 Å². The van der Waals surface area contributed by atoms with Gasteiger partial charge in [-0.1, -0.05) is 6.07 Å². The van der Waals surface area contributed by atoms with Crippen molar-refractivity contribution in [2.45, 2.75) is 6.10 Å². The Morgan fingerprint density at radius 3 is 2.81 bits per heavy atom. The lowest BCUT2D eigenvalue weighted by molar-refractivity contribution is 0.0372. The van der Waals surface area contributed by atoms with E-state index in [9.17, 15) is 4.39 Å². The average molecular weight is 424 g/mol. The Morgan fingerprint density at radius 1 is 1.13 bits per heavy atom. The number of nitrogens with zero attached hydrogens (tertiary/aromatic N) is 4. The van der Waals surface area contributed by atoms with Crippen LogP contribution in [0.4, 0.5) is 15.9 Å². The number of pyridine rings is 1. The summed E-state index contributed by atoms with van der Waals surface area (Å²) in [4.78, 5) is 15.6. The largest absolute Gasteiger partial charge is 0.378 e. The number of hydrogen-bond donors (Lipinski definition) is 2. The number of rotatable bonds is 5. The standard InChI is InChI=1S/C22H25FN6O2/c23-17-11-15(1-2-20(17)29-6-9-30-10-7-29)18-12-19-21(26-4-3-25-19)22(28-18)27-14-16-13-24-5-8-31-16/h1-4,11-12,16,24H,5-10,13-14H2,(H,27,28). The molecule has 0 bridgehead atoms. The molecule has 2 N–H and O–H groups in total. The van der Waals surface area contributed by atoms with Gasteiger partial charge in [0.15, 0.2) is 5.82 Å². The van der Waals surface area contributed by atoms with Crippen LogP contribution in [-0.2, 0) is 9.47 Å². The van der Waals surface area contributed by atoms with Crippen molar-refractivity contribution in [3.63, 3.8) is 0 Å². The van der Waals surface area contributed by atoms with Gasteiger partial charge < -0.3 is 25.0 Å². The second-order valence-corrected chi connectivity index (χ2v) is 7.62. The summed E-state index contributed by atoms with van der Waals surface area (Å²) < 4.78 is 26.1. The van der Waals surface area contributed by atoms with Crippen LogP contribution in [0.3, 0.4) is 0 Å². The minimum absolute atomic E-state index is 0.0520. The molecule has 0 radical (unpaired) electrons. The minimum atomic E-state index is -0.267. The van der Waals surface area contributed by atoms with E-state index in [1.54, 1.807) is 12.4 Å². The Hall–Kier alpha value is -2.88. The van der Waals surface area contributed by atoms with Crippen molar-refractivity contribution in [1.82, 2.24) is 20.3 Å². The molecular formula is C22H25FN6O2. The molecule has 1 atom stereocenters. The first-order valence-corrected chi connectivity index (χ1v) is 10.6. The quantitative estimate of drug-likeness (QED) is 0.644. The summed E-state index contributed by atoms with van der Waals surface area (Å²) in [7, 11) is 0. The molecule has 9 heteroatoms. The van der Waals surface area contributed by atoms with E-state index in [0.717, 1.165) is 13.1 Å². The highest BCUT2D eigenvalue weighted by Gasteiger charge is 2.18. The molecule has 31 heavy (non-hydrogen) atoms. The maximum atomic E-state index is 14.9. The third-order valence-corrected chi connectivity index (χ3v) is 5.55. The van der Waals surface area contributed by atoms with Gasteiger partial charge in [-0.3, -0.25) is 4.98 Å². The van der Waals surface area contributed by atoms with Gasteiger partial charge in [-0.15, -0.1) is 0 Å². The molecule has 2 saturated heterocycles. The van der Waals surface area contributed by atoms with Crippen LogP contribution in [0.25, 0.3) is 22.3 Å². The van der Waals surface area contributed by atoms with Gasteiger partial charge in [-0.25, -0.2) is 14.4 Å². The molecule has 0 saturated carbocycles. The fraction of sp³-hybridized carbons (Fsp3) is 0.409. The predicted molar refractivity (Wildman–Crippen MR) is 117 cm³/mol. The molecule has 2 aliphatic rings. The van der Waals surface area contributed by atoms with Crippen molar-refractivity contribution in [2.24, 2.45) is 0 Å². The van der Waals surface area contributed by atoms with Crippen molar-refractivity contribution in [3.05, 3.63) is 42.5 Å². The van der Waals surface area contributed by atoms with E-state index in [2.05, 4.69) is 20.6 Å². The Labute approximate surface area is 179 Å². The van der Waals surface area contributed by atoms with E-state index in [-0.39, 0.29) is 11.9 Å². The van der Waals surface area contributed by atoms with Crippen molar-refractivity contribution in [1.29, 1.82) is 0 Å². The first-order valence-electron chi connectivity index (χ1n) is 10.6. The number of benzene rings is 1. The normalized spacial score (nSPS) is 19.5. The molecule has 162 valence electrons. The Kier molecular flexibility index (Phi) is 5.88. The number of nitrogens with one attached hydrogen (secondary N) is 2. The second kappa shape index (κ2) is 9.09. The van der Waals surface area contributed by atoms with Crippen LogP contribution >= 0.6 is 0 Å². The van der Waals surface area contributed by atoms with Gasteiger partial charge in [0.1, 0.15) is 11.3 Å². The Balaban J connectivity index is 1.44. The van der Waals surface area contributed by atoms with Crippen molar-refractivity contribution >= 4 is 22.5 Å². The zero-order valence-corrected chi connectivity index (χ0v) is 17.2. The van der Waals surface area contributed by atoms with E-state index >= 15 is 0 Å². The van der Waals surface area contributed by atoms with Crippen LogP contribution in [0.2, 0.25) is 0 Å². The van der Waals surface area contributed by atoms with Crippen molar-refractivity contribution < 1.29 is 13.9 Å². The molecule has 5 rings (SSSR count). The van der Waals surface area contributed by atoms with E-state index in [4.69, 9.17) is 14.5 Å². The molecule has 1 aromatic carbocycles. The zero-order valence-electron chi connectivity index (χ0n) is 17.2. The summed E-state index contributed by atoms with van der Waals surface area (Å²) in [6.45, 7) is 5.53. The lowest BCUT2D eigenvalue weighted by Gasteiger charge is -2.29. The van der Waals surface area contributed by atoms with E-state index < -0.39 is 0 Å². The number of halogens is 1. The number of aromatic nitrogens is 3. The lowest BCUT2D eigenvalue weighted by Crippen LogP contribution is -2.42. The lowest BCUT2D eigenvalue weighted by atomic mass is 10.1. The van der Waals surface area contributed by atoms with Crippen molar-refractivity contribution in [2.75, 3.05) is 62.8 Å². The first-order chi connectivity index (χ1) is 15.3. The monoisotopic (exact) mass is 424 g/mol. The van der Waals surface area contributed by atoms with Crippen LogP contribution in [0, 0.1) is 5.82 Å². The zero-order chi connectivity index (χ0) is 21.0. The molecule has 0 amide bonds. The van der Waals surface area contributed by atoms with E-state index in [0.29, 0.717) is 73.3 Å². The summed E-state index contributed by atoms with van der Waals surface area (Å²) in [6, 6.07) is 7.09. The molecule has 2 aliphatic heterocycles. The molecule has 4 heterocycles. The van der Waals surface area contributed by atoms with Gasteiger partial charge in [0, 0.05) is 50.7 Å². The SMILES string of the molecule is Fc1cc(-c2cc3nccnc3c(NCC3CNCCO3)n2)ccc1N1CCOCC1. The van der Waals surface area contributed by atoms with Crippen LogP contribution in [0.1, 0.15) is 0 Å². The third-order valence-electron chi connectivity index (χ3n) is 5.55. The van der Waals surface area contributed by atoms with Crippen LogP contribution in [0.15, 0.2) is 36.7 Å². The maximum absolute atomic E-state index is 14.9. The average Bonchev–Trinajstić information content (AvgIpc) is 2.83. The molecule has 1 unspecified atom stereocenters. The van der Waals surface area contributed by atoms with E-state index in [1.165, 1.54) is 6.07 Å². The molecule has 0 aliphatic carbocycles. The fourth-order valence-electron chi connectivity index (χ4n) is 3.93. The van der Waals surface area contributed by atoms with Gasteiger partial charge >= 0.3 is 0 Å². The van der Waals surface area contributed by atoms with Crippen LogP contribution in [0.5, 0.6) is 0 Å².